The molecule has 0 spiro atoms. The standard InChI is InChI=1S/C36H40N6O6/c1-21(2)32(34(46)40-29(33(38)45)19-30(37)43)41-35(47)36(16-15-28-26(20-36)25-13-6-7-14-27(25)39-28)42-31(44)18-22-9-8-12-24(17-22)48-23-10-4-3-5-11-23/h3-14,17,21,29,32,39H,15-16,18-20H2,1-2H3,(H2,37,43)(H2,38,45)(H,40,46)(H,41,47)(H,42,44)/t29-,32-,36+/m0/s1. The van der Waals surface area contributed by atoms with Crippen molar-refractivity contribution < 1.29 is 28.7 Å². The van der Waals surface area contributed by atoms with E-state index in [0.717, 1.165) is 22.2 Å². The molecule has 0 fully saturated rings. The van der Waals surface area contributed by atoms with Gasteiger partial charge in [0.25, 0.3) is 0 Å². The van der Waals surface area contributed by atoms with Gasteiger partial charge >= 0.3 is 0 Å². The molecule has 0 unspecified atom stereocenters. The van der Waals surface area contributed by atoms with Crippen molar-refractivity contribution in [3.05, 3.63) is 95.7 Å². The van der Waals surface area contributed by atoms with Gasteiger partial charge in [-0.15, -0.1) is 0 Å². The monoisotopic (exact) mass is 652 g/mol. The molecule has 3 aromatic carbocycles. The number of ether oxygens (including phenoxy) is 1. The number of amides is 5. The molecule has 4 aromatic rings. The quantitative estimate of drug-likeness (QED) is 0.128. The van der Waals surface area contributed by atoms with Crippen LogP contribution in [0.2, 0.25) is 0 Å². The third kappa shape index (κ3) is 7.83. The molecule has 1 aromatic heterocycles. The Hall–Kier alpha value is -5.65. The first-order valence-electron chi connectivity index (χ1n) is 15.8. The van der Waals surface area contributed by atoms with Gasteiger partial charge in [0.2, 0.25) is 29.5 Å². The van der Waals surface area contributed by atoms with Gasteiger partial charge in [-0.2, -0.15) is 0 Å². The van der Waals surface area contributed by atoms with Crippen LogP contribution in [0.4, 0.5) is 0 Å². The maximum atomic E-state index is 14.3. The van der Waals surface area contributed by atoms with Gasteiger partial charge in [0.15, 0.2) is 0 Å². The molecule has 8 N–H and O–H groups in total. The van der Waals surface area contributed by atoms with Crippen LogP contribution in [0.15, 0.2) is 78.9 Å². The Bertz CT molecular complexity index is 1840. The van der Waals surface area contributed by atoms with Crippen LogP contribution in [-0.4, -0.2) is 52.1 Å². The Labute approximate surface area is 278 Å². The fourth-order valence-electron chi connectivity index (χ4n) is 6.10. The number of benzene rings is 3. The number of aryl methyl sites for hydroxylation is 1. The zero-order valence-corrected chi connectivity index (χ0v) is 26.9. The van der Waals surface area contributed by atoms with Crippen LogP contribution in [0.3, 0.4) is 0 Å². The van der Waals surface area contributed by atoms with Crippen molar-refractivity contribution in [3.63, 3.8) is 0 Å². The number of aromatic amines is 1. The van der Waals surface area contributed by atoms with Crippen LogP contribution < -0.4 is 32.2 Å². The van der Waals surface area contributed by atoms with Crippen molar-refractivity contribution in [3.8, 4) is 11.5 Å². The SMILES string of the molecule is CC(C)[C@H](NC(=O)[C@@]1(NC(=O)Cc2cccc(Oc3ccccc3)c2)CCc2[nH]c3ccccc3c2C1)C(=O)N[C@@H](CC(N)=O)C(N)=O. The summed E-state index contributed by atoms with van der Waals surface area (Å²) in [6.45, 7) is 3.46. The smallest absolute Gasteiger partial charge is 0.246 e. The summed E-state index contributed by atoms with van der Waals surface area (Å²) in [6, 6.07) is 21.8. The molecule has 1 aliphatic carbocycles. The van der Waals surface area contributed by atoms with E-state index in [1.165, 1.54) is 0 Å². The lowest BCUT2D eigenvalue weighted by atomic mass is 9.78. The van der Waals surface area contributed by atoms with Crippen LogP contribution in [-0.2, 0) is 43.2 Å². The van der Waals surface area contributed by atoms with E-state index in [0.29, 0.717) is 23.5 Å². The molecule has 48 heavy (non-hydrogen) atoms. The normalized spacial score (nSPS) is 16.7. The van der Waals surface area contributed by atoms with Gasteiger partial charge in [-0.05, 0) is 60.2 Å². The predicted molar refractivity (Wildman–Crippen MR) is 180 cm³/mol. The Morgan fingerprint density at radius 3 is 2.31 bits per heavy atom. The number of primary amides is 2. The van der Waals surface area contributed by atoms with E-state index in [-0.39, 0.29) is 25.2 Å². The molecule has 0 saturated carbocycles. The fourth-order valence-corrected chi connectivity index (χ4v) is 6.10. The summed E-state index contributed by atoms with van der Waals surface area (Å²) in [6.07, 6.45) is 0.404. The fraction of sp³-hybridized carbons (Fsp3) is 0.306. The van der Waals surface area contributed by atoms with Gasteiger partial charge < -0.3 is 37.1 Å². The molecule has 1 heterocycles. The lowest BCUT2D eigenvalue weighted by Gasteiger charge is -2.38. The number of nitrogens with one attached hydrogen (secondary N) is 4. The van der Waals surface area contributed by atoms with Crippen molar-refractivity contribution in [1.29, 1.82) is 0 Å². The summed E-state index contributed by atoms with van der Waals surface area (Å²) in [4.78, 5) is 68.3. The van der Waals surface area contributed by atoms with Crippen molar-refractivity contribution in [2.24, 2.45) is 17.4 Å². The van der Waals surface area contributed by atoms with E-state index in [4.69, 9.17) is 16.2 Å². The maximum absolute atomic E-state index is 14.3. The topological polar surface area (TPSA) is 198 Å². The largest absolute Gasteiger partial charge is 0.457 e. The Kier molecular flexibility index (Phi) is 10.1. The maximum Gasteiger partial charge on any atom is 0.246 e. The van der Waals surface area contributed by atoms with E-state index in [1.54, 1.807) is 32.0 Å². The molecular weight excluding hydrogens is 612 g/mol. The van der Waals surface area contributed by atoms with Crippen LogP contribution in [0, 0.1) is 5.92 Å². The van der Waals surface area contributed by atoms with Crippen LogP contribution in [0.1, 0.15) is 43.5 Å². The summed E-state index contributed by atoms with van der Waals surface area (Å²) in [5.41, 5.74) is 12.7. The minimum absolute atomic E-state index is 0.0245. The Morgan fingerprint density at radius 2 is 1.60 bits per heavy atom. The number of para-hydroxylation sites is 2. The number of carbonyl (C=O) groups is 5. The molecule has 250 valence electrons. The molecule has 5 amide bonds. The number of rotatable bonds is 13. The van der Waals surface area contributed by atoms with E-state index in [9.17, 15) is 24.0 Å². The third-order valence-electron chi connectivity index (χ3n) is 8.54. The van der Waals surface area contributed by atoms with Gasteiger partial charge in [0.1, 0.15) is 29.1 Å². The molecule has 0 radical (unpaired) electrons. The van der Waals surface area contributed by atoms with E-state index in [2.05, 4.69) is 20.9 Å². The van der Waals surface area contributed by atoms with E-state index in [1.807, 2.05) is 60.7 Å². The van der Waals surface area contributed by atoms with Gasteiger partial charge in [-0.25, -0.2) is 0 Å². The van der Waals surface area contributed by atoms with Crippen molar-refractivity contribution in [2.45, 2.75) is 63.6 Å². The van der Waals surface area contributed by atoms with Crippen LogP contribution >= 0.6 is 0 Å². The van der Waals surface area contributed by atoms with Gasteiger partial charge in [-0.3, -0.25) is 24.0 Å². The summed E-state index contributed by atoms with van der Waals surface area (Å²) < 4.78 is 5.94. The van der Waals surface area contributed by atoms with E-state index < -0.39 is 53.6 Å². The summed E-state index contributed by atoms with van der Waals surface area (Å²) in [5.74, 6) is -2.59. The molecule has 0 saturated heterocycles. The van der Waals surface area contributed by atoms with Gasteiger partial charge in [0.05, 0.1) is 12.8 Å². The Morgan fingerprint density at radius 1 is 0.896 bits per heavy atom. The average molecular weight is 653 g/mol. The average Bonchev–Trinajstić information content (AvgIpc) is 3.41. The highest BCUT2D eigenvalue weighted by Gasteiger charge is 2.45. The van der Waals surface area contributed by atoms with Gasteiger partial charge in [-0.1, -0.05) is 62.4 Å². The molecular formula is C36H40N6O6. The predicted octanol–water partition coefficient (Wildman–Crippen LogP) is 2.53. The summed E-state index contributed by atoms with van der Waals surface area (Å²) in [7, 11) is 0. The van der Waals surface area contributed by atoms with Crippen LogP contribution in [0.5, 0.6) is 11.5 Å². The number of aromatic nitrogens is 1. The minimum Gasteiger partial charge on any atom is -0.457 e. The summed E-state index contributed by atoms with van der Waals surface area (Å²) >= 11 is 0. The van der Waals surface area contributed by atoms with Crippen molar-refractivity contribution in [2.75, 3.05) is 0 Å². The number of hydrogen-bond donors (Lipinski definition) is 6. The molecule has 0 aliphatic heterocycles. The first-order chi connectivity index (χ1) is 22.9. The molecule has 0 bridgehead atoms. The second-order valence-corrected chi connectivity index (χ2v) is 12.5. The molecule has 12 heteroatoms. The lowest BCUT2D eigenvalue weighted by molar-refractivity contribution is -0.138. The molecule has 1 aliphatic rings. The van der Waals surface area contributed by atoms with Crippen molar-refractivity contribution >= 4 is 40.4 Å². The molecule has 12 nitrogen and oxygen atoms in total. The second-order valence-electron chi connectivity index (χ2n) is 12.5. The number of carbonyl (C=O) groups excluding carboxylic acids is 5. The summed E-state index contributed by atoms with van der Waals surface area (Å²) in [5, 5.41) is 9.27. The lowest BCUT2D eigenvalue weighted by Crippen LogP contribution is -2.65. The van der Waals surface area contributed by atoms with Crippen LogP contribution in [0.25, 0.3) is 10.9 Å². The number of fused-ring (bicyclic) bond motifs is 3. The molecule has 3 atom stereocenters. The Balaban J connectivity index is 1.40. The second kappa shape index (κ2) is 14.4. The highest BCUT2D eigenvalue weighted by atomic mass is 16.5. The van der Waals surface area contributed by atoms with Crippen molar-refractivity contribution in [1.82, 2.24) is 20.9 Å². The first kappa shape index (κ1) is 33.7. The number of nitrogens with two attached hydrogens (primary N) is 2. The zero-order valence-electron chi connectivity index (χ0n) is 26.9. The number of H-pyrrole nitrogens is 1. The van der Waals surface area contributed by atoms with Gasteiger partial charge in [0, 0.05) is 23.0 Å². The van der Waals surface area contributed by atoms with E-state index >= 15 is 0 Å². The zero-order chi connectivity index (χ0) is 34.4. The molecule has 5 rings (SSSR count). The highest BCUT2D eigenvalue weighted by molar-refractivity contribution is 5.98. The highest BCUT2D eigenvalue weighted by Crippen LogP contribution is 2.35. The third-order valence-corrected chi connectivity index (χ3v) is 8.54. The number of hydrogen-bond acceptors (Lipinski definition) is 6. The minimum atomic E-state index is -1.41. The first-order valence-corrected chi connectivity index (χ1v) is 15.8.